The summed E-state index contributed by atoms with van der Waals surface area (Å²) in [6, 6.07) is 12.8. The fraction of sp³-hybridized carbons (Fsp3) is 0.400. The van der Waals surface area contributed by atoms with Crippen molar-refractivity contribution in [3.8, 4) is 0 Å². The number of carbonyl (C=O) groups excluding carboxylic acids is 1. The number of carbonyl (C=O) groups is 1. The Kier molecular flexibility index (Phi) is 4.20. The van der Waals surface area contributed by atoms with Crippen LogP contribution in [0.5, 0.6) is 0 Å². The first kappa shape index (κ1) is 15.2. The van der Waals surface area contributed by atoms with Crippen molar-refractivity contribution in [3.05, 3.63) is 47.5 Å². The van der Waals surface area contributed by atoms with Crippen LogP contribution in [0.25, 0.3) is 10.8 Å². The minimum absolute atomic E-state index is 0.242. The standard InChI is InChI=1S/C20H22N2O2/c23-20(21-15-7-2-1-3-8-15)24-22-19-13-12-17-16-9-5-4-6-14(16)10-11-18(17)19/h4-6,9-11,15H,1-3,7-8,12-13H2,(H,21,23)/b22-19+. The Morgan fingerprint density at radius 1 is 1.04 bits per heavy atom. The minimum atomic E-state index is -0.427. The molecule has 0 spiro atoms. The average Bonchev–Trinajstić information content (AvgIpc) is 3.04. The fourth-order valence-electron chi connectivity index (χ4n) is 3.89. The van der Waals surface area contributed by atoms with E-state index in [9.17, 15) is 4.79 Å². The molecule has 2 aliphatic rings. The molecule has 1 N–H and O–H groups in total. The van der Waals surface area contributed by atoms with Crippen LogP contribution in [0.1, 0.15) is 49.7 Å². The number of rotatable bonds is 2. The molecule has 0 heterocycles. The van der Waals surface area contributed by atoms with E-state index in [1.54, 1.807) is 0 Å². The van der Waals surface area contributed by atoms with Gasteiger partial charge in [0.05, 0.1) is 5.71 Å². The maximum absolute atomic E-state index is 12.0. The summed E-state index contributed by atoms with van der Waals surface area (Å²) in [6.45, 7) is 0. The molecule has 1 amide bonds. The second kappa shape index (κ2) is 6.63. The highest BCUT2D eigenvalue weighted by atomic mass is 16.7. The summed E-state index contributed by atoms with van der Waals surface area (Å²) in [6.07, 6.45) is 7.05. The van der Waals surface area contributed by atoms with Crippen LogP contribution in [0, 0.1) is 0 Å². The second-order valence-electron chi connectivity index (χ2n) is 6.71. The zero-order valence-electron chi connectivity index (χ0n) is 13.8. The summed E-state index contributed by atoms with van der Waals surface area (Å²) in [7, 11) is 0. The molecule has 0 saturated heterocycles. The molecule has 0 bridgehead atoms. The van der Waals surface area contributed by atoms with Crippen molar-refractivity contribution in [2.24, 2.45) is 5.16 Å². The van der Waals surface area contributed by atoms with Crippen molar-refractivity contribution in [1.82, 2.24) is 5.32 Å². The third-order valence-electron chi connectivity index (χ3n) is 5.13. The first-order valence-corrected chi connectivity index (χ1v) is 8.86. The summed E-state index contributed by atoms with van der Waals surface area (Å²) >= 11 is 0. The van der Waals surface area contributed by atoms with Gasteiger partial charge in [-0.2, -0.15) is 0 Å². The van der Waals surface area contributed by atoms with Crippen LogP contribution in [0.4, 0.5) is 4.79 Å². The lowest BCUT2D eigenvalue weighted by molar-refractivity contribution is 0.143. The third kappa shape index (κ3) is 3.01. The van der Waals surface area contributed by atoms with Crippen molar-refractivity contribution in [1.29, 1.82) is 0 Å². The lowest BCUT2D eigenvalue weighted by Crippen LogP contribution is -2.35. The molecule has 2 aromatic rings. The Morgan fingerprint density at radius 2 is 1.88 bits per heavy atom. The van der Waals surface area contributed by atoms with Gasteiger partial charge in [0.25, 0.3) is 0 Å². The summed E-state index contributed by atoms with van der Waals surface area (Å²) in [4.78, 5) is 17.1. The van der Waals surface area contributed by atoms with E-state index in [-0.39, 0.29) is 6.04 Å². The van der Waals surface area contributed by atoms with Gasteiger partial charge in [-0.1, -0.05) is 60.8 Å². The van der Waals surface area contributed by atoms with Crippen LogP contribution < -0.4 is 5.32 Å². The van der Waals surface area contributed by atoms with Crippen LogP contribution >= 0.6 is 0 Å². The normalized spacial score (nSPS) is 19.4. The Hall–Kier alpha value is -2.36. The average molecular weight is 322 g/mol. The van der Waals surface area contributed by atoms with E-state index in [1.807, 2.05) is 0 Å². The number of benzene rings is 2. The molecule has 24 heavy (non-hydrogen) atoms. The predicted molar refractivity (Wildman–Crippen MR) is 95.3 cm³/mol. The molecule has 1 saturated carbocycles. The minimum Gasteiger partial charge on any atom is -0.317 e. The summed E-state index contributed by atoms with van der Waals surface area (Å²) in [5, 5.41) is 9.58. The van der Waals surface area contributed by atoms with E-state index >= 15 is 0 Å². The maximum atomic E-state index is 12.0. The quantitative estimate of drug-likeness (QED) is 0.651. The van der Waals surface area contributed by atoms with Crippen LogP contribution in [-0.2, 0) is 11.3 Å². The highest BCUT2D eigenvalue weighted by Crippen LogP contribution is 2.30. The first-order chi connectivity index (χ1) is 11.8. The molecule has 0 aromatic heterocycles. The molecule has 4 heteroatoms. The van der Waals surface area contributed by atoms with Crippen molar-refractivity contribution >= 4 is 22.6 Å². The van der Waals surface area contributed by atoms with Crippen LogP contribution in [-0.4, -0.2) is 17.8 Å². The van der Waals surface area contributed by atoms with Gasteiger partial charge in [-0.05, 0) is 42.0 Å². The number of fused-ring (bicyclic) bond motifs is 3. The van der Waals surface area contributed by atoms with E-state index in [2.05, 4.69) is 46.9 Å². The Bertz CT molecular complexity index is 791. The van der Waals surface area contributed by atoms with Crippen molar-refractivity contribution in [2.75, 3.05) is 0 Å². The molecule has 0 aliphatic heterocycles. The Morgan fingerprint density at radius 3 is 2.75 bits per heavy atom. The fourth-order valence-corrected chi connectivity index (χ4v) is 3.89. The van der Waals surface area contributed by atoms with Crippen molar-refractivity contribution in [3.63, 3.8) is 0 Å². The molecular weight excluding hydrogens is 300 g/mol. The van der Waals surface area contributed by atoms with E-state index < -0.39 is 6.09 Å². The van der Waals surface area contributed by atoms with Gasteiger partial charge in [-0.25, -0.2) is 4.79 Å². The highest BCUT2D eigenvalue weighted by Gasteiger charge is 2.21. The molecular formula is C20H22N2O2. The molecule has 2 aromatic carbocycles. The topological polar surface area (TPSA) is 50.7 Å². The smallest absolute Gasteiger partial charge is 0.317 e. The van der Waals surface area contributed by atoms with Crippen LogP contribution in [0.2, 0.25) is 0 Å². The van der Waals surface area contributed by atoms with Gasteiger partial charge in [0, 0.05) is 11.6 Å². The van der Waals surface area contributed by atoms with Crippen molar-refractivity contribution < 1.29 is 9.63 Å². The van der Waals surface area contributed by atoms with E-state index in [4.69, 9.17) is 4.84 Å². The molecule has 0 radical (unpaired) electrons. The first-order valence-electron chi connectivity index (χ1n) is 8.86. The summed E-state index contributed by atoms with van der Waals surface area (Å²) < 4.78 is 0. The van der Waals surface area contributed by atoms with Gasteiger partial charge in [0.1, 0.15) is 0 Å². The van der Waals surface area contributed by atoms with Crippen LogP contribution in [0.3, 0.4) is 0 Å². The van der Waals surface area contributed by atoms with Gasteiger partial charge in [0.2, 0.25) is 0 Å². The van der Waals surface area contributed by atoms with Gasteiger partial charge < -0.3 is 5.32 Å². The number of nitrogens with zero attached hydrogens (tertiary/aromatic N) is 1. The number of amides is 1. The number of aryl methyl sites for hydroxylation is 1. The Balaban J connectivity index is 1.47. The number of hydrogen-bond acceptors (Lipinski definition) is 3. The Labute approximate surface area is 141 Å². The number of hydrogen-bond donors (Lipinski definition) is 1. The zero-order valence-corrected chi connectivity index (χ0v) is 13.8. The number of oxime groups is 1. The monoisotopic (exact) mass is 322 g/mol. The lowest BCUT2D eigenvalue weighted by atomic mass is 9.96. The second-order valence-corrected chi connectivity index (χ2v) is 6.71. The molecule has 1 fully saturated rings. The third-order valence-corrected chi connectivity index (χ3v) is 5.13. The molecule has 0 unspecified atom stereocenters. The molecule has 2 aliphatic carbocycles. The van der Waals surface area contributed by atoms with Gasteiger partial charge in [-0.3, -0.25) is 4.84 Å². The van der Waals surface area contributed by atoms with Crippen molar-refractivity contribution in [2.45, 2.75) is 51.0 Å². The summed E-state index contributed by atoms with van der Waals surface area (Å²) in [5.41, 5.74) is 3.29. The molecule has 4 nitrogen and oxygen atoms in total. The van der Waals surface area contributed by atoms with Gasteiger partial charge in [-0.15, -0.1) is 0 Å². The largest absolute Gasteiger partial charge is 0.433 e. The molecule has 0 atom stereocenters. The SMILES string of the molecule is O=C(NC1CCCCC1)O/N=C1\CCc2c1ccc1ccccc21. The maximum Gasteiger partial charge on any atom is 0.433 e. The van der Waals surface area contributed by atoms with E-state index in [1.165, 1.54) is 35.6 Å². The summed E-state index contributed by atoms with van der Waals surface area (Å²) in [5.74, 6) is 0. The lowest BCUT2D eigenvalue weighted by Gasteiger charge is -2.21. The van der Waals surface area contributed by atoms with Crippen LogP contribution in [0.15, 0.2) is 41.6 Å². The van der Waals surface area contributed by atoms with E-state index in [0.717, 1.165) is 37.0 Å². The predicted octanol–water partition coefficient (Wildman–Crippen LogP) is 4.55. The highest BCUT2D eigenvalue weighted by molar-refractivity contribution is 6.08. The molecule has 124 valence electrons. The van der Waals surface area contributed by atoms with E-state index in [0.29, 0.717) is 0 Å². The number of nitrogens with one attached hydrogen (secondary N) is 1. The van der Waals surface area contributed by atoms with Gasteiger partial charge in [0.15, 0.2) is 0 Å². The zero-order chi connectivity index (χ0) is 16.4. The van der Waals surface area contributed by atoms with Gasteiger partial charge >= 0.3 is 6.09 Å². The molecule has 4 rings (SSSR count).